The van der Waals surface area contributed by atoms with Crippen LogP contribution in [0.3, 0.4) is 0 Å². The number of nitrogen functional groups attached to an aromatic ring is 1. The third kappa shape index (κ3) is 2.09. The van der Waals surface area contributed by atoms with Gasteiger partial charge in [0.25, 0.3) is 0 Å². The van der Waals surface area contributed by atoms with Crippen LogP contribution in [0.5, 0.6) is 0 Å². The van der Waals surface area contributed by atoms with E-state index in [1.165, 1.54) is 0 Å². The van der Waals surface area contributed by atoms with Crippen molar-refractivity contribution in [2.45, 2.75) is 19.8 Å². The average Bonchev–Trinajstić information content (AvgIpc) is 2.20. The molecule has 1 aromatic heterocycles. The molecule has 2 rings (SSSR count). The van der Waals surface area contributed by atoms with Gasteiger partial charge < -0.3 is 5.73 Å². The Hall–Kier alpha value is -1.16. The first-order valence-electron chi connectivity index (χ1n) is 4.92. The number of nitrogens with two attached hydrogens (primary N) is 1. The van der Waals surface area contributed by atoms with Crippen LogP contribution < -0.4 is 5.73 Å². The number of fused-ring (bicyclic) bond motifs is 1. The maximum absolute atomic E-state index is 5.88. The molecule has 78 valence electrons. The topological polar surface area (TPSA) is 51.8 Å². The van der Waals surface area contributed by atoms with Crippen LogP contribution in [0, 0.1) is 0 Å². The maximum Gasteiger partial charge on any atom is 0.135 e. The quantitative estimate of drug-likeness (QED) is 0.909. The van der Waals surface area contributed by atoms with Gasteiger partial charge in [-0.15, -0.1) is 0 Å². The summed E-state index contributed by atoms with van der Waals surface area (Å²) in [5.41, 5.74) is 6.80. The van der Waals surface area contributed by atoms with Crippen LogP contribution in [-0.2, 0) is 6.42 Å². The summed E-state index contributed by atoms with van der Waals surface area (Å²) in [5.74, 6) is 1.38. The number of hydrogen-bond donors (Lipinski definition) is 1. The van der Waals surface area contributed by atoms with Crippen molar-refractivity contribution in [1.82, 2.24) is 9.97 Å². The molecule has 2 N–H and O–H groups in total. The van der Waals surface area contributed by atoms with E-state index in [0.717, 1.165) is 34.0 Å². The van der Waals surface area contributed by atoms with Gasteiger partial charge in [0.2, 0.25) is 0 Å². The number of anilines is 1. The van der Waals surface area contributed by atoms with Crippen LogP contribution >= 0.6 is 15.9 Å². The minimum atomic E-state index is 0.560. The predicted molar refractivity (Wildman–Crippen MR) is 65.6 cm³/mol. The molecule has 3 nitrogen and oxygen atoms in total. The largest absolute Gasteiger partial charge is 0.383 e. The molecular weight excluding hydrogens is 254 g/mol. The van der Waals surface area contributed by atoms with Crippen molar-refractivity contribution in [3.05, 3.63) is 28.5 Å². The van der Waals surface area contributed by atoms with Gasteiger partial charge in [-0.25, -0.2) is 9.97 Å². The lowest BCUT2D eigenvalue weighted by Gasteiger charge is -2.04. The first-order chi connectivity index (χ1) is 7.20. The van der Waals surface area contributed by atoms with E-state index in [9.17, 15) is 0 Å². The Morgan fingerprint density at radius 3 is 2.87 bits per heavy atom. The summed E-state index contributed by atoms with van der Waals surface area (Å²) in [6.07, 6.45) is 1.90. The van der Waals surface area contributed by atoms with E-state index >= 15 is 0 Å². The molecule has 0 bridgehead atoms. The zero-order valence-corrected chi connectivity index (χ0v) is 10.1. The molecule has 4 heteroatoms. The Bertz CT molecular complexity index is 496. The van der Waals surface area contributed by atoms with E-state index in [1.54, 1.807) is 0 Å². The van der Waals surface area contributed by atoms with Gasteiger partial charge in [0.1, 0.15) is 11.6 Å². The highest BCUT2D eigenvalue weighted by molar-refractivity contribution is 9.10. The maximum atomic E-state index is 5.88. The summed E-state index contributed by atoms with van der Waals surface area (Å²) in [7, 11) is 0. The molecule has 0 saturated heterocycles. The third-order valence-corrected chi connectivity index (χ3v) is 2.70. The van der Waals surface area contributed by atoms with Crippen LogP contribution in [0.25, 0.3) is 10.9 Å². The molecule has 2 aromatic rings. The minimum absolute atomic E-state index is 0.560. The lowest BCUT2D eigenvalue weighted by atomic mass is 10.2. The van der Waals surface area contributed by atoms with Crippen LogP contribution in [-0.4, -0.2) is 9.97 Å². The zero-order valence-electron chi connectivity index (χ0n) is 8.50. The predicted octanol–water partition coefficient (Wildman–Crippen LogP) is 2.93. The van der Waals surface area contributed by atoms with E-state index in [4.69, 9.17) is 5.73 Å². The lowest BCUT2D eigenvalue weighted by Crippen LogP contribution is -2.00. The Labute approximate surface area is 96.9 Å². The summed E-state index contributed by atoms with van der Waals surface area (Å²) in [4.78, 5) is 8.73. The minimum Gasteiger partial charge on any atom is -0.383 e. The smallest absolute Gasteiger partial charge is 0.135 e. The van der Waals surface area contributed by atoms with Crippen molar-refractivity contribution < 1.29 is 0 Å². The second-order valence-corrected chi connectivity index (χ2v) is 4.35. The molecule has 1 heterocycles. The fourth-order valence-electron chi connectivity index (χ4n) is 1.51. The van der Waals surface area contributed by atoms with Crippen LogP contribution in [0.4, 0.5) is 5.82 Å². The monoisotopic (exact) mass is 265 g/mol. The molecule has 0 aliphatic heterocycles. The Morgan fingerprint density at radius 2 is 2.13 bits per heavy atom. The number of halogens is 1. The molecule has 1 aromatic carbocycles. The highest BCUT2D eigenvalue weighted by Crippen LogP contribution is 2.22. The van der Waals surface area contributed by atoms with Crippen LogP contribution in [0.2, 0.25) is 0 Å². The van der Waals surface area contributed by atoms with Crippen molar-refractivity contribution >= 4 is 32.7 Å². The summed E-state index contributed by atoms with van der Waals surface area (Å²) >= 11 is 3.40. The molecule has 0 aliphatic carbocycles. The van der Waals surface area contributed by atoms with Gasteiger partial charge in [-0.1, -0.05) is 22.9 Å². The van der Waals surface area contributed by atoms with Gasteiger partial charge in [-0.3, -0.25) is 0 Å². The zero-order chi connectivity index (χ0) is 10.8. The number of nitrogens with zero attached hydrogens (tertiary/aromatic N) is 2. The number of aryl methyl sites for hydroxylation is 1. The number of hydrogen-bond acceptors (Lipinski definition) is 3. The molecule has 0 spiro atoms. The standard InChI is InChI=1S/C11H12BrN3/c1-2-3-10-14-9-5-4-7(12)6-8(9)11(13)15-10/h4-6H,2-3H2,1H3,(H2,13,14,15). The summed E-state index contributed by atoms with van der Waals surface area (Å²) in [6.45, 7) is 2.10. The van der Waals surface area contributed by atoms with E-state index in [1.807, 2.05) is 18.2 Å². The molecule has 15 heavy (non-hydrogen) atoms. The van der Waals surface area contributed by atoms with Crippen LogP contribution in [0.1, 0.15) is 19.2 Å². The van der Waals surface area contributed by atoms with Crippen molar-refractivity contribution in [1.29, 1.82) is 0 Å². The molecule has 0 unspecified atom stereocenters. The van der Waals surface area contributed by atoms with Crippen molar-refractivity contribution in [2.75, 3.05) is 5.73 Å². The molecule has 0 aliphatic rings. The van der Waals surface area contributed by atoms with Crippen molar-refractivity contribution in [2.24, 2.45) is 0 Å². The van der Waals surface area contributed by atoms with E-state index in [0.29, 0.717) is 5.82 Å². The van der Waals surface area contributed by atoms with Gasteiger partial charge in [-0.2, -0.15) is 0 Å². The first-order valence-corrected chi connectivity index (χ1v) is 5.71. The molecule has 0 saturated carbocycles. The summed E-state index contributed by atoms with van der Waals surface area (Å²) in [6, 6.07) is 5.86. The fraction of sp³-hybridized carbons (Fsp3) is 0.273. The Morgan fingerprint density at radius 1 is 1.33 bits per heavy atom. The lowest BCUT2D eigenvalue weighted by molar-refractivity contribution is 0.847. The normalized spacial score (nSPS) is 10.8. The number of rotatable bonds is 2. The van der Waals surface area contributed by atoms with Gasteiger partial charge in [0, 0.05) is 16.3 Å². The Kier molecular flexibility index (Phi) is 2.86. The van der Waals surface area contributed by atoms with Crippen LogP contribution in [0.15, 0.2) is 22.7 Å². The fourth-order valence-corrected chi connectivity index (χ4v) is 1.87. The highest BCUT2D eigenvalue weighted by atomic mass is 79.9. The van der Waals surface area contributed by atoms with Gasteiger partial charge in [0.15, 0.2) is 0 Å². The van der Waals surface area contributed by atoms with E-state index in [-0.39, 0.29) is 0 Å². The molecule has 0 radical (unpaired) electrons. The summed E-state index contributed by atoms with van der Waals surface area (Å²) in [5, 5.41) is 0.907. The van der Waals surface area contributed by atoms with Gasteiger partial charge >= 0.3 is 0 Å². The Balaban J connectivity index is 2.62. The van der Waals surface area contributed by atoms with Crippen molar-refractivity contribution in [3.63, 3.8) is 0 Å². The average molecular weight is 266 g/mol. The molecular formula is C11H12BrN3. The summed E-state index contributed by atoms with van der Waals surface area (Å²) < 4.78 is 0.994. The van der Waals surface area contributed by atoms with Gasteiger partial charge in [-0.05, 0) is 24.6 Å². The SMILES string of the molecule is CCCc1nc(N)c2cc(Br)ccc2n1. The third-order valence-electron chi connectivity index (χ3n) is 2.21. The molecule has 0 fully saturated rings. The molecule has 0 atom stereocenters. The second kappa shape index (κ2) is 4.14. The first kappa shape index (κ1) is 10.4. The van der Waals surface area contributed by atoms with E-state index < -0.39 is 0 Å². The van der Waals surface area contributed by atoms with E-state index in [2.05, 4.69) is 32.8 Å². The highest BCUT2D eigenvalue weighted by Gasteiger charge is 2.04. The number of aromatic nitrogens is 2. The second-order valence-electron chi connectivity index (χ2n) is 3.44. The van der Waals surface area contributed by atoms with Crippen molar-refractivity contribution in [3.8, 4) is 0 Å². The molecule has 0 amide bonds. The number of benzene rings is 1. The van der Waals surface area contributed by atoms with Gasteiger partial charge in [0.05, 0.1) is 5.52 Å².